The number of pyridine rings is 1. The number of aryl methyl sites for hydroxylation is 1. The van der Waals surface area contributed by atoms with Crippen LogP contribution in [0.4, 0.5) is 0 Å². The molecule has 3 aromatic rings. The zero-order valence-corrected chi connectivity index (χ0v) is 19.3. The average molecular weight is 449 g/mol. The average Bonchev–Trinajstić information content (AvgIpc) is 2.79. The van der Waals surface area contributed by atoms with E-state index in [4.69, 9.17) is 0 Å². The van der Waals surface area contributed by atoms with E-state index < -0.39 is 15.1 Å². The molecule has 32 heavy (non-hydrogen) atoms. The van der Waals surface area contributed by atoms with Crippen LogP contribution >= 0.6 is 0 Å². The maximum atomic E-state index is 13.4. The van der Waals surface area contributed by atoms with Crippen molar-refractivity contribution < 1.29 is 13.2 Å². The van der Waals surface area contributed by atoms with Gasteiger partial charge in [-0.25, -0.2) is 8.42 Å². The number of nitrogens with zero attached hydrogens (tertiary/aromatic N) is 1. The highest BCUT2D eigenvalue weighted by Gasteiger charge is 2.29. The molecule has 0 aliphatic heterocycles. The Kier molecular flexibility index (Phi) is 7.59. The van der Waals surface area contributed by atoms with Gasteiger partial charge >= 0.3 is 0 Å². The van der Waals surface area contributed by atoms with Crippen LogP contribution in [0.5, 0.6) is 0 Å². The summed E-state index contributed by atoms with van der Waals surface area (Å²) in [6.45, 7) is 6.05. The molecule has 166 valence electrons. The van der Waals surface area contributed by atoms with Gasteiger partial charge in [0.2, 0.25) is 5.91 Å². The van der Waals surface area contributed by atoms with Crippen LogP contribution < -0.4 is 5.32 Å². The number of sulfone groups is 1. The molecular formula is C26H28N2O3S. The third kappa shape index (κ3) is 5.92. The molecule has 0 saturated carbocycles. The van der Waals surface area contributed by atoms with Crippen LogP contribution in [0.15, 0.2) is 84.0 Å². The van der Waals surface area contributed by atoms with E-state index in [1.165, 1.54) is 12.3 Å². The summed E-state index contributed by atoms with van der Waals surface area (Å²) in [5.41, 5.74) is 3.63. The second-order valence-corrected chi connectivity index (χ2v) is 10.2. The first-order valence-electron chi connectivity index (χ1n) is 10.5. The van der Waals surface area contributed by atoms with Crippen molar-refractivity contribution in [3.8, 4) is 0 Å². The summed E-state index contributed by atoms with van der Waals surface area (Å²) in [4.78, 5) is 16.7. The monoisotopic (exact) mass is 448 g/mol. The van der Waals surface area contributed by atoms with Crippen molar-refractivity contribution in [1.82, 2.24) is 10.3 Å². The van der Waals surface area contributed by atoms with Crippen LogP contribution in [-0.4, -0.2) is 25.9 Å². The Bertz CT molecular complexity index is 1170. The highest BCUT2D eigenvalue weighted by Crippen LogP contribution is 2.29. The van der Waals surface area contributed by atoms with E-state index in [1.54, 1.807) is 36.5 Å². The van der Waals surface area contributed by atoms with Gasteiger partial charge in [-0.15, -0.1) is 0 Å². The van der Waals surface area contributed by atoms with Crippen molar-refractivity contribution in [3.05, 3.63) is 101 Å². The highest BCUT2D eigenvalue weighted by molar-refractivity contribution is 7.91. The smallest absolute Gasteiger partial charge is 0.244 e. The van der Waals surface area contributed by atoms with Crippen molar-refractivity contribution >= 4 is 21.8 Å². The molecule has 1 unspecified atom stereocenters. The fourth-order valence-electron chi connectivity index (χ4n) is 3.28. The van der Waals surface area contributed by atoms with Crippen molar-refractivity contribution in [2.75, 3.05) is 6.54 Å². The van der Waals surface area contributed by atoms with Gasteiger partial charge in [0.25, 0.3) is 0 Å². The lowest BCUT2D eigenvalue weighted by atomic mass is 10.0. The fourth-order valence-corrected chi connectivity index (χ4v) is 4.93. The Hall–Kier alpha value is -3.25. The normalized spacial score (nSPS) is 12.8. The van der Waals surface area contributed by atoms with Crippen LogP contribution in [0.3, 0.4) is 0 Å². The number of hydrogen-bond acceptors (Lipinski definition) is 4. The van der Waals surface area contributed by atoms with Gasteiger partial charge in [0, 0.05) is 25.0 Å². The molecule has 0 bridgehead atoms. The second-order valence-electron chi connectivity index (χ2n) is 8.03. The molecule has 0 spiro atoms. The van der Waals surface area contributed by atoms with E-state index in [9.17, 15) is 13.2 Å². The third-order valence-electron chi connectivity index (χ3n) is 5.27. The molecule has 5 nitrogen and oxygen atoms in total. The quantitative estimate of drug-likeness (QED) is 0.500. The van der Waals surface area contributed by atoms with Crippen LogP contribution in [0.25, 0.3) is 6.08 Å². The van der Waals surface area contributed by atoms with Crippen molar-refractivity contribution in [2.45, 2.75) is 36.8 Å². The number of rotatable bonds is 8. The first-order valence-corrected chi connectivity index (χ1v) is 12.1. The van der Waals surface area contributed by atoms with E-state index in [-0.39, 0.29) is 17.3 Å². The van der Waals surface area contributed by atoms with Crippen molar-refractivity contribution in [3.63, 3.8) is 0 Å². The van der Waals surface area contributed by atoms with Gasteiger partial charge in [-0.1, -0.05) is 61.9 Å². The van der Waals surface area contributed by atoms with E-state index in [0.717, 1.165) is 16.7 Å². The van der Waals surface area contributed by atoms with Gasteiger partial charge in [-0.2, -0.15) is 0 Å². The zero-order chi connectivity index (χ0) is 23.1. The molecule has 2 aromatic carbocycles. The number of nitrogens with one attached hydrogen (secondary N) is 1. The standard InChI is InChI=1S/C26H28N2O3S/c1-19(2)22-11-13-24(14-12-22)32(30,31)25(23-5-4-16-27-17-23)18-28-26(29)15-10-21-8-6-20(3)7-9-21/h4-17,19,25H,18H2,1-3H3,(H,28,29)/b15-10+. The van der Waals surface area contributed by atoms with E-state index in [2.05, 4.69) is 24.1 Å². The Balaban J connectivity index is 1.80. The van der Waals surface area contributed by atoms with Crippen LogP contribution in [0, 0.1) is 6.92 Å². The molecular weight excluding hydrogens is 420 g/mol. The van der Waals surface area contributed by atoms with Gasteiger partial charge in [0.05, 0.1) is 4.90 Å². The summed E-state index contributed by atoms with van der Waals surface area (Å²) < 4.78 is 26.9. The number of carbonyl (C=O) groups is 1. The third-order valence-corrected chi connectivity index (χ3v) is 7.39. The lowest BCUT2D eigenvalue weighted by molar-refractivity contribution is -0.116. The summed E-state index contributed by atoms with van der Waals surface area (Å²) >= 11 is 0. The number of benzene rings is 2. The molecule has 3 rings (SSSR count). The predicted octanol–water partition coefficient (Wildman–Crippen LogP) is 4.86. The van der Waals surface area contributed by atoms with Gasteiger partial charge in [-0.05, 0) is 53.8 Å². The lowest BCUT2D eigenvalue weighted by Gasteiger charge is -2.19. The molecule has 1 amide bonds. The Labute approximate surface area is 190 Å². The molecule has 6 heteroatoms. The highest BCUT2D eigenvalue weighted by atomic mass is 32.2. The van der Waals surface area contributed by atoms with Crippen LogP contribution in [-0.2, 0) is 14.6 Å². The summed E-state index contributed by atoms with van der Waals surface area (Å²) in [6, 6.07) is 18.1. The van der Waals surface area contributed by atoms with E-state index in [1.807, 2.05) is 43.3 Å². The molecule has 0 fully saturated rings. The molecule has 0 saturated heterocycles. The molecule has 1 heterocycles. The molecule has 0 aliphatic carbocycles. The minimum atomic E-state index is -3.74. The van der Waals surface area contributed by atoms with Crippen LogP contribution in [0.2, 0.25) is 0 Å². The van der Waals surface area contributed by atoms with E-state index in [0.29, 0.717) is 11.5 Å². The Morgan fingerprint density at radius 3 is 2.28 bits per heavy atom. The van der Waals surface area contributed by atoms with E-state index >= 15 is 0 Å². The first kappa shape index (κ1) is 23.4. The molecule has 0 aliphatic rings. The molecule has 0 radical (unpaired) electrons. The van der Waals surface area contributed by atoms with Gasteiger partial charge in [0.1, 0.15) is 5.25 Å². The predicted molar refractivity (Wildman–Crippen MR) is 128 cm³/mol. The number of amides is 1. The Morgan fingerprint density at radius 2 is 1.69 bits per heavy atom. The molecule has 1 atom stereocenters. The Morgan fingerprint density at radius 1 is 1.00 bits per heavy atom. The van der Waals surface area contributed by atoms with Crippen molar-refractivity contribution in [1.29, 1.82) is 0 Å². The molecule has 1 N–H and O–H groups in total. The van der Waals surface area contributed by atoms with Gasteiger partial charge < -0.3 is 5.32 Å². The zero-order valence-electron chi connectivity index (χ0n) is 18.5. The second kappa shape index (κ2) is 10.4. The topological polar surface area (TPSA) is 76.1 Å². The first-order chi connectivity index (χ1) is 15.3. The lowest BCUT2D eigenvalue weighted by Crippen LogP contribution is -2.31. The summed E-state index contributed by atoms with van der Waals surface area (Å²) in [5.74, 6) is -0.0506. The summed E-state index contributed by atoms with van der Waals surface area (Å²) in [5, 5.41) is 1.79. The maximum Gasteiger partial charge on any atom is 0.244 e. The van der Waals surface area contributed by atoms with Gasteiger partial charge in [-0.3, -0.25) is 9.78 Å². The van der Waals surface area contributed by atoms with Gasteiger partial charge in [0.15, 0.2) is 9.84 Å². The number of hydrogen-bond donors (Lipinski definition) is 1. The van der Waals surface area contributed by atoms with Crippen molar-refractivity contribution in [2.24, 2.45) is 0 Å². The minimum Gasteiger partial charge on any atom is -0.351 e. The fraction of sp³-hybridized carbons (Fsp3) is 0.231. The molecule has 1 aromatic heterocycles. The largest absolute Gasteiger partial charge is 0.351 e. The maximum absolute atomic E-state index is 13.4. The SMILES string of the molecule is Cc1ccc(/C=C/C(=O)NCC(c2cccnc2)S(=O)(=O)c2ccc(C(C)C)cc2)cc1. The number of carbonyl (C=O) groups excluding carboxylic acids is 1. The number of aromatic nitrogens is 1. The summed E-state index contributed by atoms with van der Waals surface area (Å²) in [6.07, 6.45) is 6.23. The minimum absolute atomic E-state index is 0.0585. The van der Waals surface area contributed by atoms with Crippen LogP contribution in [0.1, 0.15) is 47.3 Å². The summed E-state index contributed by atoms with van der Waals surface area (Å²) in [7, 11) is -3.74.